The number of rotatable bonds is 1. The summed E-state index contributed by atoms with van der Waals surface area (Å²) in [5.41, 5.74) is 5.79. The highest BCUT2D eigenvalue weighted by molar-refractivity contribution is 5.42. The predicted molar refractivity (Wildman–Crippen MR) is 67.3 cm³/mol. The molecule has 0 spiro atoms. The zero-order valence-electron chi connectivity index (χ0n) is 9.35. The summed E-state index contributed by atoms with van der Waals surface area (Å²) in [5.74, 6) is 0.124. The summed E-state index contributed by atoms with van der Waals surface area (Å²) >= 11 is 0. The van der Waals surface area contributed by atoms with Gasteiger partial charge in [0, 0.05) is 17.8 Å². The molecular formula is C12H12N2O4. The van der Waals surface area contributed by atoms with E-state index in [1.807, 2.05) is 0 Å². The number of phenolic OH excluding ortho intramolecular Hbond substituents is 2. The summed E-state index contributed by atoms with van der Waals surface area (Å²) in [4.78, 5) is 9.49. The number of nitrogens with two attached hydrogens (primary N) is 1. The number of benzene rings is 2. The zero-order valence-corrected chi connectivity index (χ0v) is 9.35. The van der Waals surface area contributed by atoms with Crippen molar-refractivity contribution in [2.24, 2.45) is 0 Å². The van der Waals surface area contributed by atoms with E-state index in [-0.39, 0.29) is 17.2 Å². The van der Waals surface area contributed by atoms with Crippen molar-refractivity contribution in [2.45, 2.75) is 0 Å². The first kappa shape index (κ1) is 13.3. The third-order valence-electron chi connectivity index (χ3n) is 1.91. The minimum Gasteiger partial charge on any atom is -0.508 e. The van der Waals surface area contributed by atoms with E-state index < -0.39 is 4.92 Å². The van der Waals surface area contributed by atoms with E-state index in [1.165, 1.54) is 24.3 Å². The van der Waals surface area contributed by atoms with Crippen LogP contribution in [0, 0.1) is 10.1 Å². The Hall–Kier alpha value is -2.76. The number of nitrogen functional groups attached to an aromatic ring is 1. The van der Waals surface area contributed by atoms with E-state index in [1.54, 1.807) is 18.2 Å². The molecule has 0 saturated heterocycles. The number of aromatic hydroxyl groups is 2. The van der Waals surface area contributed by atoms with Crippen molar-refractivity contribution < 1.29 is 15.1 Å². The number of nitro groups is 1. The quantitative estimate of drug-likeness (QED) is 0.407. The fourth-order valence-corrected chi connectivity index (χ4v) is 1.13. The molecule has 0 aromatic heterocycles. The second kappa shape index (κ2) is 6.09. The van der Waals surface area contributed by atoms with Gasteiger partial charge in [-0.1, -0.05) is 12.1 Å². The van der Waals surface area contributed by atoms with Gasteiger partial charge in [0.25, 0.3) is 5.69 Å². The van der Waals surface area contributed by atoms with Crippen molar-refractivity contribution >= 4 is 11.4 Å². The number of anilines is 1. The molecule has 0 fully saturated rings. The number of non-ortho nitro benzene ring substituents is 1. The Bertz CT molecular complexity index is 526. The molecule has 6 heteroatoms. The van der Waals surface area contributed by atoms with Gasteiger partial charge in [0.15, 0.2) is 0 Å². The smallest absolute Gasteiger partial charge is 0.273 e. The number of hydrogen-bond donors (Lipinski definition) is 3. The van der Waals surface area contributed by atoms with Gasteiger partial charge >= 0.3 is 0 Å². The van der Waals surface area contributed by atoms with Crippen LogP contribution in [-0.4, -0.2) is 15.1 Å². The van der Waals surface area contributed by atoms with E-state index in [2.05, 4.69) is 0 Å². The van der Waals surface area contributed by atoms with Crippen molar-refractivity contribution in [1.29, 1.82) is 0 Å². The van der Waals surface area contributed by atoms with Gasteiger partial charge in [-0.2, -0.15) is 0 Å². The molecule has 2 aromatic rings. The SMILES string of the molecule is Nc1cccc(O)c1.O=[N+]([O-])c1cccc(O)c1. The minimum atomic E-state index is -0.556. The molecule has 0 unspecified atom stereocenters. The molecule has 0 radical (unpaired) electrons. The standard InChI is InChI=1S/C6H5NO3.C6H7NO/c8-6-3-1-2-5(4-6)7(9)10;7-5-2-1-3-6(8)4-5/h1-4,8H;1-4,8H,7H2. The summed E-state index contributed by atoms with van der Waals surface area (Å²) in [5, 5.41) is 27.5. The van der Waals surface area contributed by atoms with Crippen LogP contribution in [0.2, 0.25) is 0 Å². The molecule has 0 saturated carbocycles. The van der Waals surface area contributed by atoms with Crippen molar-refractivity contribution in [1.82, 2.24) is 0 Å². The first-order chi connectivity index (χ1) is 8.49. The Morgan fingerprint density at radius 1 is 1.00 bits per heavy atom. The molecule has 6 nitrogen and oxygen atoms in total. The molecule has 4 N–H and O–H groups in total. The molecule has 0 aliphatic heterocycles. The average Bonchev–Trinajstić information content (AvgIpc) is 2.29. The Labute approximate surface area is 103 Å². The molecule has 0 bridgehead atoms. The molecule has 2 rings (SSSR count). The van der Waals surface area contributed by atoms with Gasteiger partial charge in [-0.3, -0.25) is 10.1 Å². The molecule has 0 atom stereocenters. The van der Waals surface area contributed by atoms with Gasteiger partial charge in [0.05, 0.1) is 11.0 Å². The molecule has 0 aliphatic rings. The molecule has 0 aliphatic carbocycles. The Morgan fingerprint density at radius 3 is 1.89 bits per heavy atom. The van der Waals surface area contributed by atoms with E-state index >= 15 is 0 Å². The van der Waals surface area contributed by atoms with Crippen LogP contribution in [0.3, 0.4) is 0 Å². The van der Waals surface area contributed by atoms with Gasteiger partial charge in [-0.05, 0) is 18.2 Å². The summed E-state index contributed by atoms with van der Waals surface area (Å²) in [6, 6.07) is 11.7. The lowest BCUT2D eigenvalue weighted by atomic mass is 10.3. The molecule has 0 heterocycles. The molecule has 2 aromatic carbocycles. The highest BCUT2D eigenvalue weighted by atomic mass is 16.6. The highest BCUT2D eigenvalue weighted by Gasteiger charge is 2.03. The van der Waals surface area contributed by atoms with Crippen LogP contribution in [-0.2, 0) is 0 Å². The first-order valence-electron chi connectivity index (χ1n) is 4.97. The number of nitrogens with zero attached hydrogens (tertiary/aromatic N) is 1. The summed E-state index contributed by atoms with van der Waals surface area (Å²) in [7, 11) is 0. The summed E-state index contributed by atoms with van der Waals surface area (Å²) in [6.07, 6.45) is 0. The van der Waals surface area contributed by atoms with E-state index in [0.717, 1.165) is 6.07 Å². The van der Waals surface area contributed by atoms with Crippen LogP contribution < -0.4 is 5.73 Å². The van der Waals surface area contributed by atoms with Gasteiger partial charge < -0.3 is 15.9 Å². The fraction of sp³-hybridized carbons (Fsp3) is 0. The van der Waals surface area contributed by atoms with Gasteiger partial charge in [0.2, 0.25) is 0 Å². The lowest BCUT2D eigenvalue weighted by Crippen LogP contribution is -1.85. The van der Waals surface area contributed by atoms with Crippen LogP contribution >= 0.6 is 0 Å². The molecule has 0 amide bonds. The Morgan fingerprint density at radius 2 is 1.56 bits per heavy atom. The van der Waals surface area contributed by atoms with Crippen molar-refractivity contribution in [3.05, 3.63) is 58.6 Å². The third-order valence-corrected chi connectivity index (χ3v) is 1.91. The van der Waals surface area contributed by atoms with E-state index in [9.17, 15) is 10.1 Å². The van der Waals surface area contributed by atoms with E-state index in [0.29, 0.717) is 5.69 Å². The third kappa shape index (κ3) is 4.40. The van der Waals surface area contributed by atoms with Crippen molar-refractivity contribution in [2.75, 3.05) is 5.73 Å². The predicted octanol–water partition coefficient (Wildman–Crippen LogP) is 2.27. The van der Waals surface area contributed by atoms with Gasteiger partial charge in [0.1, 0.15) is 11.5 Å². The van der Waals surface area contributed by atoms with Gasteiger partial charge in [-0.25, -0.2) is 0 Å². The Kier molecular flexibility index (Phi) is 4.50. The van der Waals surface area contributed by atoms with Crippen LogP contribution in [0.25, 0.3) is 0 Å². The maximum Gasteiger partial charge on any atom is 0.273 e. The van der Waals surface area contributed by atoms with E-state index in [4.69, 9.17) is 15.9 Å². The Balaban J connectivity index is 0.000000184. The second-order valence-corrected chi connectivity index (χ2v) is 3.37. The maximum absolute atomic E-state index is 10.0. The first-order valence-corrected chi connectivity index (χ1v) is 4.97. The monoisotopic (exact) mass is 248 g/mol. The molecular weight excluding hydrogens is 236 g/mol. The fourth-order valence-electron chi connectivity index (χ4n) is 1.13. The van der Waals surface area contributed by atoms with Crippen LogP contribution in [0.1, 0.15) is 0 Å². The number of nitro benzene ring substituents is 1. The lowest BCUT2D eigenvalue weighted by Gasteiger charge is -1.90. The highest BCUT2D eigenvalue weighted by Crippen LogP contribution is 2.16. The van der Waals surface area contributed by atoms with Crippen LogP contribution in [0.5, 0.6) is 11.5 Å². The zero-order chi connectivity index (χ0) is 13.5. The molecule has 94 valence electrons. The average molecular weight is 248 g/mol. The summed E-state index contributed by atoms with van der Waals surface area (Å²) in [6.45, 7) is 0. The van der Waals surface area contributed by atoms with Crippen molar-refractivity contribution in [3.8, 4) is 11.5 Å². The largest absolute Gasteiger partial charge is 0.508 e. The van der Waals surface area contributed by atoms with Crippen LogP contribution in [0.15, 0.2) is 48.5 Å². The minimum absolute atomic E-state index is 0.0887. The van der Waals surface area contributed by atoms with Crippen LogP contribution in [0.4, 0.5) is 11.4 Å². The summed E-state index contributed by atoms with van der Waals surface area (Å²) < 4.78 is 0. The molecule has 18 heavy (non-hydrogen) atoms. The van der Waals surface area contributed by atoms with Crippen molar-refractivity contribution in [3.63, 3.8) is 0 Å². The number of hydrogen-bond acceptors (Lipinski definition) is 5. The second-order valence-electron chi connectivity index (χ2n) is 3.37. The normalized spacial score (nSPS) is 9.11. The van der Waals surface area contributed by atoms with Gasteiger partial charge in [-0.15, -0.1) is 0 Å². The lowest BCUT2D eigenvalue weighted by molar-refractivity contribution is -0.384. The topological polar surface area (TPSA) is 110 Å². The maximum atomic E-state index is 10.0. The number of phenols is 2.